The molecular formula is C22H40IN5O3. The van der Waals surface area contributed by atoms with E-state index in [1.807, 2.05) is 13.1 Å². The first-order chi connectivity index (χ1) is 14.7. The zero-order valence-corrected chi connectivity index (χ0v) is 22.0. The van der Waals surface area contributed by atoms with Gasteiger partial charge in [-0.1, -0.05) is 19.9 Å². The van der Waals surface area contributed by atoms with Crippen LogP contribution in [0.5, 0.6) is 11.5 Å². The predicted octanol–water partition coefficient (Wildman–Crippen LogP) is 2.20. The number of ether oxygens (including phenoxy) is 3. The lowest BCUT2D eigenvalue weighted by Crippen LogP contribution is -2.47. The van der Waals surface area contributed by atoms with Crippen molar-refractivity contribution < 1.29 is 14.2 Å². The number of aliphatic imine (C=N–C) groups is 1. The van der Waals surface area contributed by atoms with E-state index in [4.69, 9.17) is 14.2 Å². The third kappa shape index (κ3) is 8.63. The van der Waals surface area contributed by atoms with Gasteiger partial charge in [-0.3, -0.25) is 9.89 Å². The molecule has 1 aliphatic heterocycles. The van der Waals surface area contributed by atoms with Crippen molar-refractivity contribution in [1.82, 2.24) is 20.4 Å². The molecule has 178 valence electrons. The average molecular weight is 549 g/mol. The van der Waals surface area contributed by atoms with Crippen LogP contribution in [0.4, 0.5) is 0 Å². The van der Waals surface area contributed by atoms with Crippen LogP contribution >= 0.6 is 24.0 Å². The lowest BCUT2D eigenvalue weighted by atomic mass is 10.0. The number of likely N-dealkylation sites (N-methyl/N-ethyl adjacent to an activating group) is 1. The predicted molar refractivity (Wildman–Crippen MR) is 137 cm³/mol. The second kappa shape index (κ2) is 15.5. The van der Waals surface area contributed by atoms with E-state index in [2.05, 4.69) is 51.4 Å². The summed E-state index contributed by atoms with van der Waals surface area (Å²) in [5, 5.41) is 6.94. The number of benzene rings is 1. The van der Waals surface area contributed by atoms with Crippen molar-refractivity contribution in [2.75, 3.05) is 80.3 Å². The number of rotatable bonds is 11. The Kier molecular flexibility index (Phi) is 13.9. The number of guanidine groups is 1. The summed E-state index contributed by atoms with van der Waals surface area (Å²) in [6.45, 7) is 12.4. The van der Waals surface area contributed by atoms with Crippen molar-refractivity contribution >= 4 is 29.9 Å². The van der Waals surface area contributed by atoms with Gasteiger partial charge in [0.1, 0.15) is 0 Å². The minimum Gasteiger partial charge on any atom is -0.493 e. The first kappa shape index (κ1) is 27.7. The first-order valence-electron chi connectivity index (χ1n) is 10.9. The number of nitrogens with one attached hydrogen (secondary N) is 2. The van der Waals surface area contributed by atoms with Crippen LogP contribution in [0.1, 0.15) is 25.5 Å². The van der Waals surface area contributed by atoms with E-state index in [0.29, 0.717) is 0 Å². The van der Waals surface area contributed by atoms with Gasteiger partial charge in [-0.2, -0.15) is 0 Å². The molecule has 9 heteroatoms. The van der Waals surface area contributed by atoms with Gasteiger partial charge in [-0.15, -0.1) is 24.0 Å². The fraction of sp³-hybridized carbons (Fsp3) is 0.682. The van der Waals surface area contributed by atoms with E-state index in [9.17, 15) is 0 Å². The zero-order valence-electron chi connectivity index (χ0n) is 19.6. The third-order valence-corrected chi connectivity index (χ3v) is 5.58. The molecule has 0 radical (unpaired) electrons. The molecule has 1 aromatic rings. The summed E-state index contributed by atoms with van der Waals surface area (Å²) in [7, 11) is 5.14. The quantitative estimate of drug-likeness (QED) is 0.249. The van der Waals surface area contributed by atoms with Crippen molar-refractivity contribution in [3.8, 4) is 11.5 Å². The van der Waals surface area contributed by atoms with Gasteiger partial charge in [-0.25, -0.2) is 0 Å². The standard InChI is InChI=1S/C22H39N5O3.HI/c1-6-26(7-2)11-10-24-22(23-3)25-17-19(27-12-14-30-15-13-27)18-8-9-20(28-4)21(16-18)29-5;/h8-9,16,19H,6-7,10-15,17H2,1-5H3,(H2,23,24,25);1H. The lowest BCUT2D eigenvalue weighted by Gasteiger charge is -2.35. The Bertz CT molecular complexity index is 652. The summed E-state index contributed by atoms with van der Waals surface area (Å²) < 4.78 is 16.5. The Morgan fingerprint density at radius 1 is 1.13 bits per heavy atom. The molecule has 0 spiro atoms. The van der Waals surface area contributed by atoms with Crippen molar-refractivity contribution in [3.63, 3.8) is 0 Å². The van der Waals surface area contributed by atoms with Crippen LogP contribution in [0.2, 0.25) is 0 Å². The molecule has 0 aliphatic carbocycles. The maximum absolute atomic E-state index is 5.56. The fourth-order valence-electron chi connectivity index (χ4n) is 3.69. The number of methoxy groups -OCH3 is 2. The Labute approximate surface area is 204 Å². The summed E-state index contributed by atoms with van der Waals surface area (Å²) >= 11 is 0. The molecule has 0 saturated carbocycles. The van der Waals surface area contributed by atoms with Crippen LogP contribution in [0.15, 0.2) is 23.2 Å². The maximum atomic E-state index is 5.56. The smallest absolute Gasteiger partial charge is 0.191 e. The van der Waals surface area contributed by atoms with Crippen molar-refractivity contribution in [2.24, 2.45) is 4.99 Å². The average Bonchev–Trinajstić information content (AvgIpc) is 2.81. The fourth-order valence-corrected chi connectivity index (χ4v) is 3.69. The van der Waals surface area contributed by atoms with Gasteiger partial charge in [0.25, 0.3) is 0 Å². The van der Waals surface area contributed by atoms with E-state index in [1.54, 1.807) is 14.2 Å². The Hall–Kier alpha value is -1.30. The Morgan fingerprint density at radius 2 is 1.81 bits per heavy atom. The van der Waals surface area contributed by atoms with E-state index in [1.165, 1.54) is 5.56 Å². The molecule has 1 unspecified atom stereocenters. The Balaban J connectivity index is 0.00000480. The highest BCUT2D eigenvalue weighted by molar-refractivity contribution is 14.0. The van der Waals surface area contributed by atoms with Crippen molar-refractivity contribution in [2.45, 2.75) is 19.9 Å². The van der Waals surface area contributed by atoms with Crippen molar-refractivity contribution in [1.29, 1.82) is 0 Å². The molecule has 1 aromatic carbocycles. The molecule has 0 amide bonds. The van der Waals surface area contributed by atoms with Gasteiger partial charge >= 0.3 is 0 Å². The van der Waals surface area contributed by atoms with Crippen molar-refractivity contribution in [3.05, 3.63) is 23.8 Å². The van der Waals surface area contributed by atoms with Crippen LogP contribution in [0.25, 0.3) is 0 Å². The molecule has 0 bridgehead atoms. The molecule has 2 rings (SSSR count). The minimum atomic E-state index is 0. The third-order valence-electron chi connectivity index (χ3n) is 5.58. The van der Waals surface area contributed by atoms with Crippen LogP contribution in [-0.2, 0) is 4.74 Å². The summed E-state index contributed by atoms with van der Waals surface area (Å²) in [4.78, 5) is 9.23. The molecule has 1 atom stereocenters. The van der Waals surface area contributed by atoms with Gasteiger partial charge in [0.15, 0.2) is 17.5 Å². The highest BCUT2D eigenvalue weighted by Crippen LogP contribution is 2.32. The minimum absolute atomic E-state index is 0. The monoisotopic (exact) mass is 549 g/mol. The number of halogens is 1. The second-order valence-electron chi connectivity index (χ2n) is 7.19. The molecule has 0 aromatic heterocycles. The topological polar surface area (TPSA) is 70.6 Å². The number of hydrogen-bond donors (Lipinski definition) is 2. The Morgan fingerprint density at radius 3 is 2.39 bits per heavy atom. The van der Waals surface area contributed by atoms with E-state index in [0.717, 1.165) is 76.5 Å². The molecule has 31 heavy (non-hydrogen) atoms. The maximum Gasteiger partial charge on any atom is 0.191 e. The van der Waals surface area contributed by atoms with E-state index < -0.39 is 0 Å². The SMILES string of the molecule is CCN(CC)CCNC(=NC)NCC(c1ccc(OC)c(OC)c1)N1CCOCC1.I. The summed E-state index contributed by atoms with van der Waals surface area (Å²) in [5.41, 5.74) is 1.18. The summed E-state index contributed by atoms with van der Waals surface area (Å²) in [6.07, 6.45) is 0. The largest absolute Gasteiger partial charge is 0.493 e. The highest BCUT2D eigenvalue weighted by atomic mass is 127. The number of nitrogens with zero attached hydrogens (tertiary/aromatic N) is 3. The zero-order chi connectivity index (χ0) is 21.8. The molecule has 2 N–H and O–H groups in total. The first-order valence-corrected chi connectivity index (χ1v) is 10.9. The molecule has 8 nitrogen and oxygen atoms in total. The van der Waals surface area contributed by atoms with Gasteiger partial charge in [0.2, 0.25) is 0 Å². The van der Waals surface area contributed by atoms with Crippen LogP contribution in [0.3, 0.4) is 0 Å². The summed E-state index contributed by atoms with van der Waals surface area (Å²) in [5.74, 6) is 2.31. The second-order valence-corrected chi connectivity index (χ2v) is 7.19. The van der Waals surface area contributed by atoms with Crippen LogP contribution in [0, 0.1) is 0 Å². The number of hydrogen-bond acceptors (Lipinski definition) is 6. The molecule has 1 heterocycles. The molecule has 1 fully saturated rings. The highest BCUT2D eigenvalue weighted by Gasteiger charge is 2.24. The van der Waals surface area contributed by atoms with Gasteiger partial charge in [0, 0.05) is 39.8 Å². The van der Waals surface area contributed by atoms with Gasteiger partial charge in [0.05, 0.1) is 33.5 Å². The number of morpholine rings is 1. The van der Waals surface area contributed by atoms with Crippen LogP contribution < -0.4 is 20.1 Å². The van der Waals surface area contributed by atoms with Gasteiger partial charge in [-0.05, 0) is 30.8 Å². The molecular weight excluding hydrogens is 509 g/mol. The normalized spacial score (nSPS) is 15.9. The molecule has 1 aliphatic rings. The summed E-state index contributed by atoms with van der Waals surface area (Å²) in [6, 6.07) is 6.32. The molecule has 1 saturated heterocycles. The van der Waals surface area contributed by atoms with Crippen LogP contribution in [-0.4, -0.2) is 96.1 Å². The lowest BCUT2D eigenvalue weighted by molar-refractivity contribution is 0.0169. The van der Waals surface area contributed by atoms with E-state index in [-0.39, 0.29) is 30.0 Å². The van der Waals surface area contributed by atoms with Gasteiger partial charge < -0.3 is 29.7 Å². The van der Waals surface area contributed by atoms with E-state index >= 15 is 0 Å².